The summed E-state index contributed by atoms with van der Waals surface area (Å²) in [5.41, 5.74) is 1.66. The Labute approximate surface area is 179 Å². The Hall–Kier alpha value is -0.0800. The monoisotopic (exact) mass is 396 g/mol. The van der Waals surface area contributed by atoms with Crippen LogP contribution in [0.1, 0.15) is 109 Å². The molecule has 0 aromatic rings. The molecule has 0 saturated heterocycles. The Morgan fingerprint density at radius 1 is 0.321 bits per heavy atom. The first-order chi connectivity index (χ1) is 12.4. The summed E-state index contributed by atoms with van der Waals surface area (Å²) in [6, 6.07) is 0. The zero-order valence-electron chi connectivity index (χ0n) is 22.0. The average molecular weight is 397 g/mol. The molecule has 2 nitrogen and oxygen atoms in total. The molecular formula is C26H56N2. The standard InChI is InChI=1S/C26H56N2/c1-23(2,3)13-17-27(18-14-24(4,5)6)21-22-28(19-15-25(7,8)9)20-16-26(10,11)12/h13-22H2,1-12H3. The maximum Gasteiger partial charge on any atom is 0.0109 e. The first kappa shape index (κ1) is 27.9. The summed E-state index contributed by atoms with van der Waals surface area (Å²) >= 11 is 0. The average Bonchev–Trinajstić information content (AvgIpc) is 2.44. The summed E-state index contributed by atoms with van der Waals surface area (Å²) in [6.07, 6.45) is 5.12. The quantitative estimate of drug-likeness (QED) is 0.360. The Morgan fingerprint density at radius 3 is 0.643 bits per heavy atom. The van der Waals surface area contributed by atoms with Crippen molar-refractivity contribution in [1.29, 1.82) is 0 Å². The van der Waals surface area contributed by atoms with Crippen LogP contribution in [-0.4, -0.2) is 49.1 Å². The van der Waals surface area contributed by atoms with Crippen LogP contribution in [0.15, 0.2) is 0 Å². The van der Waals surface area contributed by atoms with Crippen LogP contribution in [0.4, 0.5) is 0 Å². The Morgan fingerprint density at radius 2 is 0.500 bits per heavy atom. The van der Waals surface area contributed by atoms with Crippen LogP contribution in [0.3, 0.4) is 0 Å². The fraction of sp³-hybridized carbons (Fsp3) is 1.00. The number of rotatable bonds is 11. The molecule has 0 spiro atoms. The highest BCUT2D eigenvalue weighted by Gasteiger charge is 2.20. The van der Waals surface area contributed by atoms with E-state index in [9.17, 15) is 0 Å². The minimum Gasteiger partial charge on any atom is -0.302 e. The molecule has 0 heterocycles. The number of hydrogen-bond donors (Lipinski definition) is 0. The van der Waals surface area contributed by atoms with Crippen LogP contribution in [0, 0.1) is 21.7 Å². The molecule has 0 aromatic carbocycles. The van der Waals surface area contributed by atoms with Gasteiger partial charge in [0.2, 0.25) is 0 Å². The van der Waals surface area contributed by atoms with Crippen molar-refractivity contribution in [3.8, 4) is 0 Å². The molecule has 0 atom stereocenters. The highest BCUT2D eigenvalue weighted by atomic mass is 15.2. The lowest BCUT2D eigenvalue weighted by atomic mass is 9.90. The molecule has 0 radical (unpaired) electrons. The molecule has 0 amide bonds. The first-order valence-electron chi connectivity index (χ1n) is 11.8. The summed E-state index contributed by atoms with van der Waals surface area (Å²) in [5.74, 6) is 0. The van der Waals surface area contributed by atoms with Gasteiger partial charge in [0.1, 0.15) is 0 Å². The molecule has 170 valence electrons. The fourth-order valence-electron chi connectivity index (χ4n) is 2.93. The van der Waals surface area contributed by atoms with Gasteiger partial charge in [-0.2, -0.15) is 0 Å². The van der Waals surface area contributed by atoms with Crippen LogP contribution < -0.4 is 0 Å². The third kappa shape index (κ3) is 19.2. The molecule has 2 heteroatoms. The van der Waals surface area contributed by atoms with Gasteiger partial charge in [0.15, 0.2) is 0 Å². The molecule has 0 rings (SSSR count). The van der Waals surface area contributed by atoms with E-state index in [-0.39, 0.29) is 0 Å². The van der Waals surface area contributed by atoms with E-state index in [1.807, 2.05) is 0 Å². The van der Waals surface area contributed by atoms with Gasteiger partial charge >= 0.3 is 0 Å². The van der Waals surface area contributed by atoms with Gasteiger partial charge in [-0.1, -0.05) is 83.1 Å². The van der Waals surface area contributed by atoms with Crippen LogP contribution in [-0.2, 0) is 0 Å². The number of nitrogens with zero attached hydrogens (tertiary/aromatic N) is 2. The van der Waals surface area contributed by atoms with Gasteiger partial charge in [-0.05, 0) is 73.5 Å². The maximum atomic E-state index is 2.73. The molecule has 0 aliphatic heterocycles. The summed E-state index contributed by atoms with van der Waals surface area (Å²) in [7, 11) is 0. The van der Waals surface area contributed by atoms with Crippen LogP contribution in [0.5, 0.6) is 0 Å². The van der Waals surface area contributed by atoms with Crippen LogP contribution in [0.2, 0.25) is 0 Å². The van der Waals surface area contributed by atoms with Crippen molar-refractivity contribution in [3.63, 3.8) is 0 Å². The van der Waals surface area contributed by atoms with Gasteiger partial charge in [0.25, 0.3) is 0 Å². The van der Waals surface area contributed by atoms with E-state index in [4.69, 9.17) is 0 Å². The Bertz CT molecular complexity index is 322. The molecule has 0 aliphatic rings. The lowest BCUT2D eigenvalue weighted by molar-refractivity contribution is 0.149. The minimum absolute atomic E-state index is 0.415. The highest BCUT2D eigenvalue weighted by Crippen LogP contribution is 2.24. The zero-order valence-corrected chi connectivity index (χ0v) is 22.0. The summed E-state index contributed by atoms with van der Waals surface area (Å²) < 4.78 is 0. The van der Waals surface area contributed by atoms with Crippen LogP contribution >= 0.6 is 0 Å². The van der Waals surface area contributed by atoms with E-state index in [0.717, 1.165) is 0 Å². The van der Waals surface area contributed by atoms with Gasteiger partial charge in [0, 0.05) is 13.1 Å². The van der Waals surface area contributed by atoms with Crippen molar-refractivity contribution >= 4 is 0 Å². The molecule has 0 fully saturated rings. The molecule has 28 heavy (non-hydrogen) atoms. The predicted octanol–water partition coefficient (Wildman–Crippen LogP) is 7.34. The van der Waals surface area contributed by atoms with Gasteiger partial charge < -0.3 is 9.80 Å². The smallest absolute Gasteiger partial charge is 0.0109 e. The lowest BCUT2D eigenvalue weighted by Crippen LogP contribution is -2.40. The van der Waals surface area contributed by atoms with Gasteiger partial charge in [0.05, 0.1) is 0 Å². The molecule has 0 N–H and O–H groups in total. The minimum atomic E-state index is 0.415. The summed E-state index contributed by atoms with van der Waals surface area (Å²) in [4.78, 5) is 5.47. The molecule has 0 aliphatic carbocycles. The third-order valence-corrected chi connectivity index (χ3v) is 5.44. The van der Waals surface area contributed by atoms with Crippen molar-refractivity contribution in [2.24, 2.45) is 21.7 Å². The van der Waals surface area contributed by atoms with Crippen molar-refractivity contribution in [3.05, 3.63) is 0 Å². The second-order valence-electron chi connectivity index (χ2n) is 13.9. The molecule has 0 bridgehead atoms. The molecule has 0 aromatic heterocycles. The lowest BCUT2D eigenvalue weighted by Gasteiger charge is -2.33. The van der Waals surface area contributed by atoms with Crippen molar-refractivity contribution in [1.82, 2.24) is 9.80 Å². The van der Waals surface area contributed by atoms with E-state index in [2.05, 4.69) is 92.9 Å². The van der Waals surface area contributed by atoms with E-state index in [0.29, 0.717) is 21.7 Å². The Kier molecular flexibility index (Phi) is 11.3. The molecule has 0 unspecified atom stereocenters. The van der Waals surface area contributed by atoms with Crippen LogP contribution in [0.25, 0.3) is 0 Å². The topological polar surface area (TPSA) is 6.48 Å². The molecule has 0 saturated carbocycles. The Balaban J connectivity index is 4.86. The van der Waals surface area contributed by atoms with E-state index in [1.54, 1.807) is 0 Å². The van der Waals surface area contributed by atoms with E-state index >= 15 is 0 Å². The van der Waals surface area contributed by atoms with Crippen molar-refractivity contribution in [2.75, 3.05) is 39.3 Å². The van der Waals surface area contributed by atoms with E-state index in [1.165, 1.54) is 65.0 Å². The third-order valence-electron chi connectivity index (χ3n) is 5.44. The second kappa shape index (κ2) is 11.3. The summed E-state index contributed by atoms with van der Waals surface area (Å²) in [5, 5.41) is 0. The van der Waals surface area contributed by atoms with Crippen molar-refractivity contribution < 1.29 is 0 Å². The number of hydrogen-bond acceptors (Lipinski definition) is 2. The molecular weight excluding hydrogens is 340 g/mol. The SMILES string of the molecule is CC(C)(C)CCN(CCN(CCC(C)(C)C)CCC(C)(C)C)CCC(C)(C)C. The van der Waals surface area contributed by atoms with Gasteiger partial charge in [-0.3, -0.25) is 0 Å². The van der Waals surface area contributed by atoms with Gasteiger partial charge in [-0.15, -0.1) is 0 Å². The normalized spacial score (nSPS) is 14.4. The van der Waals surface area contributed by atoms with E-state index < -0.39 is 0 Å². The maximum absolute atomic E-state index is 2.73. The van der Waals surface area contributed by atoms with Crippen molar-refractivity contribution in [2.45, 2.75) is 109 Å². The first-order valence-corrected chi connectivity index (χ1v) is 11.8. The zero-order chi connectivity index (χ0) is 22.2. The fourth-order valence-corrected chi connectivity index (χ4v) is 2.93. The van der Waals surface area contributed by atoms with Gasteiger partial charge in [-0.25, -0.2) is 0 Å². The largest absolute Gasteiger partial charge is 0.302 e. The second-order valence-corrected chi connectivity index (χ2v) is 13.9. The predicted molar refractivity (Wildman–Crippen MR) is 129 cm³/mol. The highest BCUT2D eigenvalue weighted by molar-refractivity contribution is 4.74. The summed E-state index contributed by atoms with van der Waals surface area (Å²) in [6.45, 7) is 35.8.